The molecule has 0 aliphatic carbocycles. The highest BCUT2D eigenvalue weighted by molar-refractivity contribution is 5.76. The van der Waals surface area contributed by atoms with Gasteiger partial charge in [-0.15, -0.1) is 0 Å². The van der Waals surface area contributed by atoms with Crippen molar-refractivity contribution in [2.24, 2.45) is 0 Å². The van der Waals surface area contributed by atoms with Gasteiger partial charge >= 0.3 is 0 Å². The van der Waals surface area contributed by atoms with Gasteiger partial charge in [-0.25, -0.2) is 0 Å². The number of nitrogens with one attached hydrogen (secondary N) is 1. The maximum Gasteiger partial charge on any atom is 0.220 e. The highest BCUT2D eigenvalue weighted by atomic mass is 16.8. The number of ether oxygens (including phenoxy) is 6. The molecule has 0 radical (unpaired) electrons. The summed E-state index contributed by atoms with van der Waals surface area (Å²) in [6.45, 7) is 1.61. The Morgan fingerprint density at radius 3 is 1.12 bits per heavy atom. The van der Waals surface area contributed by atoms with Gasteiger partial charge in [-0.2, -0.15) is 0 Å². The van der Waals surface area contributed by atoms with Crippen molar-refractivity contribution < 1.29 is 89.4 Å². The van der Waals surface area contributed by atoms with Crippen molar-refractivity contribution in [1.29, 1.82) is 0 Å². The van der Waals surface area contributed by atoms with Crippen LogP contribution in [0.1, 0.15) is 290 Å². The maximum atomic E-state index is 13.5. The quantitative estimate of drug-likeness (QED) is 0.0199. The van der Waals surface area contributed by atoms with Crippen LogP contribution in [0.2, 0.25) is 0 Å². The molecular formula is C81H143NO18. The number of amides is 1. The van der Waals surface area contributed by atoms with E-state index in [1.807, 2.05) is 6.08 Å². The van der Waals surface area contributed by atoms with Crippen LogP contribution in [0, 0.1) is 0 Å². The summed E-state index contributed by atoms with van der Waals surface area (Å²) in [4.78, 5) is 13.5. The normalized spacial score (nSPS) is 26.9. The predicted octanol–water partition coefficient (Wildman–Crippen LogP) is 13.0. The fourth-order valence-electron chi connectivity index (χ4n) is 13.0. The van der Waals surface area contributed by atoms with E-state index >= 15 is 0 Å². The zero-order valence-corrected chi connectivity index (χ0v) is 61.9. The molecule has 3 heterocycles. The van der Waals surface area contributed by atoms with Gasteiger partial charge in [-0.1, -0.05) is 285 Å². The Kier molecular flexibility index (Phi) is 55.8. The molecule has 12 N–H and O–H groups in total. The molecule has 3 aliphatic heterocycles. The van der Waals surface area contributed by atoms with Gasteiger partial charge in [0.15, 0.2) is 18.9 Å². The summed E-state index contributed by atoms with van der Waals surface area (Å²) in [5.41, 5.74) is 0. The first-order valence-corrected chi connectivity index (χ1v) is 39.8. The lowest BCUT2D eigenvalue weighted by molar-refractivity contribution is -0.379. The second-order valence-electron chi connectivity index (χ2n) is 28.1. The molecule has 19 nitrogen and oxygen atoms in total. The van der Waals surface area contributed by atoms with Crippen LogP contribution in [0.5, 0.6) is 0 Å². The molecule has 1 amide bonds. The van der Waals surface area contributed by atoms with E-state index in [0.29, 0.717) is 12.8 Å². The van der Waals surface area contributed by atoms with E-state index in [4.69, 9.17) is 28.4 Å². The third-order valence-corrected chi connectivity index (χ3v) is 19.4. The first-order valence-electron chi connectivity index (χ1n) is 39.8. The molecule has 580 valence electrons. The molecule has 17 unspecified atom stereocenters. The third kappa shape index (κ3) is 41.0. The Morgan fingerprint density at radius 1 is 0.370 bits per heavy atom. The monoisotopic (exact) mass is 1420 g/mol. The summed E-state index contributed by atoms with van der Waals surface area (Å²) in [6, 6.07) is -0.999. The predicted molar refractivity (Wildman–Crippen MR) is 397 cm³/mol. The lowest BCUT2D eigenvalue weighted by Gasteiger charge is -2.48. The van der Waals surface area contributed by atoms with Crippen LogP contribution >= 0.6 is 0 Å². The Bertz CT molecular complexity index is 2140. The van der Waals surface area contributed by atoms with E-state index in [0.717, 1.165) is 70.6 Å². The number of aliphatic hydroxyl groups is 11. The van der Waals surface area contributed by atoms with Crippen molar-refractivity contribution in [1.82, 2.24) is 5.32 Å². The van der Waals surface area contributed by atoms with Crippen LogP contribution < -0.4 is 5.32 Å². The summed E-state index contributed by atoms with van der Waals surface area (Å²) in [5, 5.41) is 121. The van der Waals surface area contributed by atoms with Crippen LogP contribution in [0.3, 0.4) is 0 Å². The van der Waals surface area contributed by atoms with E-state index in [1.165, 1.54) is 186 Å². The fraction of sp³-hybridized carbons (Fsp3) is 0.815. The summed E-state index contributed by atoms with van der Waals surface area (Å²) < 4.78 is 34.4. The first kappa shape index (κ1) is 91.2. The molecular weight excluding hydrogens is 1270 g/mol. The van der Waals surface area contributed by atoms with E-state index in [2.05, 4.69) is 92.1 Å². The molecule has 3 rings (SSSR count). The van der Waals surface area contributed by atoms with E-state index in [1.54, 1.807) is 6.08 Å². The largest absolute Gasteiger partial charge is 0.394 e. The van der Waals surface area contributed by atoms with Gasteiger partial charge in [-0.05, 0) is 83.5 Å². The van der Waals surface area contributed by atoms with Gasteiger partial charge in [0.1, 0.15) is 73.2 Å². The first-order chi connectivity index (χ1) is 48.8. The summed E-state index contributed by atoms with van der Waals surface area (Å²) in [6.07, 6.45) is 54.4. The van der Waals surface area contributed by atoms with Gasteiger partial charge in [0, 0.05) is 6.42 Å². The van der Waals surface area contributed by atoms with Crippen LogP contribution in [-0.2, 0) is 33.2 Å². The van der Waals surface area contributed by atoms with Crippen molar-refractivity contribution in [2.45, 2.75) is 394 Å². The topological polar surface area (TPSA) is 307 Å². The van der Waals surface area contributed by atoms with E-state index < -0.39 is 124 Å². The van der Waals surface area contributed by atoms with Gasteiger partial charge < -0.3 is 89.9 Å². The maximum absolute atomic E-state index is 13.5. The number of carbonyl (C=O) groups excluding carboxylic acids is 1. The van der Waals surface area contributed by atoms with Crippen LogP contribution in [-0.4, -0.2) is 193 Å². The number of aliphatic hydroxyl groups excluding tert-OH is 11. The molecule has 0 aromatic carbocycles. The average molecular weight is 1420 g/mol. The van der Waals surface area contributed by atoms with Crippen molar-refractivity contribution in [3.05, 3.63) is 85.1 Å². The molecule has 19 heteroatoms. The van der Waals surface area contributed by atoms with Crippen LogP contribution in [0.15, 0.2) is 85.1 Å². The molecule has 0 aromatic heterocycles. The van der Waals surface area contributed by atoms with E-state index in [-0.39, 0.29) is 18.9 Å². The molecule has 0 spiro atoms. The standard InChI is InChI=1S/C81H143NO18/c1-3-5-7-9-11-13-15-17-19-21-23-24-25-26-27-28-29-30-31-32-33-34-35-36-37-38-39-40-41-43-45-47-49-51-53-55-57-59-69(87)82-64(65(86)58-56-54-52-50-48-46-44-42-22-20-18-16-14-12-10-8-6-4-2)63-95-79-75(93)72(90)77(67(61-84)97-79)100-81-76(94)73(91)78(68(62-85)98-81)99-80-74(92)71(89)70(88)66(60-83)96-80/h5,7,11,13,17,19,22-24,42,48,50,56,58,64-68,70-81,83-86,88-94H,3-4,6,8-10,12,14-16,18,20-21,25-41,43-47,49,51-55,57,59-63H2,1-2H3,(H,82,87)/b7-5-,13-11-,19-17-,24-23-,42-22+,50-48+,58-56+. The molecule has 0 bridgehead atoms. The fourth-order valence-corrected chi connectivity index (χ4v) is 13.0. The minimum atomic E-state index is -1.98. The smallest absolute Gasteiger partial charge is 0.220 e. The average Bonchev–Trinajstić information content (AvgIpc) is 0.783. The van der Waals surface area contributed by atoms with Gasteiger partial charge in [0.05, 0.1) is 38.6 Å². The Labute approximate surface area is 603 Å². The number of carbonyl (C=O) groups is 1. The molecule has 0 saturated carbocycles. The number of rotatable bonds is 62. The molecule has 3 fully saturated rings. The molecule has 3 saturated heterocycles. The molecule has 0 aromatic rings. The summed E-state index contributed by atoms with van der Waals surface area (Å²) >= 11 is 0. The summed E-state index contributed by atoms with van der Waals surface area (Å²) in [5.74, 6) is -0.287. The van der Waals surface area contributed by atoms with Gasteiger partial charge in [0.2, 0.25) is 5.91 Å². The molecule has 3 aliphatic rings. The highest BCUT2D eigenvalue weighted by Gasteiger charge is 2.53. The zero-order chi connectivity index (χ0) is 72.5. The minimum Gasteiger partial charge on any atom is -0.394 e. The zero-order valence-electron chi connectivity index (χ0n) is 61.9. The Hall–Kier alpha value is -3.03. The Morgan fingerprint density at radius 2 is 0.700 bits per heavy atom. The Balaban J connectivity index is 1.33. The van der Waals surface area contributed by atoms with Crippen molar-refractivity contribution in [2.75, 3.05) is 26.4 Å². The van der Waals surface area contributed by atoms with Gasteiger partial charge in [0.25, 0.3) is 0 Å². The lowest BCUT2D eigenvalue weighted by atomic mass is 9.96. The minimum absolute atomic E-state index is 0.232. The lowest BCUT2D eigenvalue weighted by Crippen LogP contribution is -2.66. The van der Waals surface area contributed by atoms with Crippen molar-refractivity contribution in [3.63, 3.8) is 0 Å². The number of allylic oxidation sites excluding steroid dienone is 13. The number of hydrogen-bond acceptors (Lipinski definition) is 18. The highest BCUT2D eigenvalue weighted by Crippen LogP contribution is 2.33. The summed E-state index contributed by atoms with van der Waals surface area (Å²) in [7, 11) is 0. The van der Waals surface area contributed by atoms with Gasteiger partial charge in [-0.3, -0.25) is 4.79 Å². The number of hydrogen-bond donors (Lipinski definition) is 12. The molecule has 17 atom stereocenters. The van der Waals surface area contributed by atoms with Crippen molar-refractivity contribution >= 4 is 5.91 Å². The van der Waals surface area contributed by atoms with Crippen LogP contribution in [0.25, 0.3) is 0 Å². The second-order valence-corrected chi connectivity index (χ2v) is 28.1. The van der Waals surface area contributed by atoms with Crippen LogP contribution in [0.4, 0.5) is 0 Å². The molecule has 100 heavy (non-hydrogen) atoms. The number of unbranched alkanes of at least 4 members (excludes halogenated alkanes) is 34. The van der Waals surface area contributed by atoms with Crippen molar-refractivity contribution in [3.8, 4) is 0 Å². The SMILES string of the molecule is CC/C=C\C/C=C\C/C=C\C/C=C\CCCCCCCCCCCCCCCCCCCCCCCCCCC(=O)NC(COC1OC(CO)C(OC2OC(CO)C(OC3OC(CO)C(O)C(O)C3O)C(O)C2O)C(O)C1O)C(O)/C=C/CC/C=C/CC/C=C/CCCCCCCCCC. The second kappa shape index (κ2) is 61.2. The van der Waals surface area contributed by atoms with E-state index in [9.17, 15) is 61.0 Å². The third-order valence-electron chi connectivity index (χ3n) is 19.4.